The van der Waals surface area contributed by atoms with E-state index in [0.29, 0.717) is 5.56 Å². The summed E-state index contributed by atoms with van der Waals surface area (Å²) in [5, 5.41) is 9.57. The van der Waals surface area contributed by atoms with Gasteiger partial charge in [0.15, 0.2) is 0 Å². The summed E-state index contributed by atoms with van der Waals surface area (Å²) in [7, 11) is 0. The third-order valence-electron chi connectivity index (χ3n) is 4.76. The largest absolute Gasteiger partial charge is 0.333 e. The Morgan fingerprint density at radius 2 is 1.68 bits per heavy atom. The molecule has 4 heteroatoms. The molecule has 28 heavy (non-hydrogen) atoms. The van der Waals surface area contributed by atoms with Crippen LogP contribution in [0.15, 0.2) is 91.4 Å². The van der Waals surface area contributed by atoms with E-state index >= 15 is 0 Å². The van der Waals surface area contributed by atoms with Crippen molar-refractivity contribution in [3.63, 3.8) is 0 Å². The zero-order valence-corrected chi connectivity index (χ0v) is 15.1. The Morgan fingerprint density at radius 1 is 0.964 bits per heavy atom. The second-order valence-corrected chi connectivity index (χ2v) is 6.40. The molecule has 1 atom stereocenters. The third-order valence-corrected chi connectivity index (χ3v) is 4.76. The van der Waals surface area contributed by atoms with Gasteiger partial charge in [0.25, 0.3) is 0 Å². The molecule has 0 bridgehead atoms. The molecule has 0 saturated carbocycles. The Hall–Kier alpha value is -3.97. The molecule has 0 radical (unpaired) electrons. The minimum atomic E-state index is -0.525. The van der Waals surface area contributed by atoms with Crippen molar-refractivity contribution < 1.29 is 4.79 Å². The van der Waals surface area contributed by atoms with E-state index in [1.54, 1.807) is 18.5 Å². The van der Waals surface area contributed by atoms with Crippen molar-refractivity contribution in [2.24, 2.45) is 0 Å². The summed E-state index contributed by atoms with van der Waals surface area (Å²) in [6.45, 7) is 0. The molecule has 0 aliphatic carbocycles. The first-order valence-electron chi connectivity index (χ1n) is 8.94. The Labute approximate surface area is 163 Å². The zero-order valence-electron chi connectivity index (χ0n) is 15.1. The van der Waals surface area contributed by atoms with E-state index < -0.39 is 6.04 Å². The van der Waals surface area contributed by atoms with Gasteiger partial charge in [-0.1, -0.05) is 36.4 Å². The summed E-state index contributed by atoms with van der Waals surface area (Å²) in [4.78, 5) is 18.2. The first-order chi connectivity index (χ1) is 13.8. The van der Waals surface area contributed by atoms with Crippen molar-refractivity contribution in [1.82, 2.24) is 4.98 Å². The molecule has 0 N–H and O–H groups in total. The van der Waals surface area contributed by atoms with E-state index in [1.807, 2.05) is 77.8 Å². The van der Waals surface area contributed by atoms with Crippen LogP contribution in [0, 0.1) is 11.3 Å². The van der Waals surface area contributed by atoms with Gasteiger partial charge in [-0.3, -0.25) is 4.98 Å². The van der Waals surface area contributed by atoms with E-state index in [0.717, 1.165) is 34.2 Å². The predicted molar refractivity (Wildman–Crippen MR) is 110 cm³/mol. The molecule has 0 spiro atoms. The number of para-hydroxylation sites is 1. The fourth-order valence-corrected chi connectivity index (χ4v) is 3.42. The van der Waals surface area contributed by atoms with Crippen molar-refractivity contribution >= 4 is 23.1 Å². The van der Waals surface area contributed by atoms with E-state index in [2.05, 4.69) is 11.1 Å². The lowest BCUT2D eigenvalue weighted by atomic mass is 9.88. The fraction of sp³-hybridized carbons (Fsp3) is 0.0417. The predicted octanol–water partition coefficient (Wildman–Crippen LogP) is 4.47. The van der Waals surface area contributed by atoms with Crippen molar-refractivity contribution in [2.45, 2.75) is 6.04 Å². The maximum atomic E-state index is 12.2. The molecule has 2 heterocycles. The lowest BCUT2D eigenvalue weighted by Crippen LogP contribution is -2.35. The third kappa shape index (κ3) is 3.22. The van der Waals surface area contributed by atoms with Gasteiger partial charge < -0.3 is 9.69 Å². The minimum absolute atomic E-state index is 0.525. The molecular weight excluding hydrogens is 346 g/mol. The molecule has 2 aromatic carbocycles. The molecule has 1 aliphatic heterocycles. The smallest absolute Gasteiger partial charge is 0.147 e. The monoisotopic (exact) mass is 363 g/mol. The highest BCUT2D eigenvalue weighted by molar-refractivity contribution is 5.99. The van der Waals surface area contributed by atoms with Crippen LogP contribution in [0.4, 0.5) is 5.69 Å². The van der Waals surface area contributed by atoms with Gasteiger partial charge in [0.1, 0.15) is 12.3 Å². The highest BCUT2D eigenvalue weighted by atomic mass is 16.1. The molecule has 4 nitrogen and oxygen atoms in total. The van der Waals surface area contributed by atoms with Crippen LogP contribution in [-0.4, -0.2) is 17.3 Å². The van der Waals surface area contributed by atoms with Crippen LogP contribution in [-0.2, 0) is 4.79 Å². The Balaban J connectivity index is 1.93. The maximum absolute atomic E-state index is 12.2. The second-order valence-electron chi connectivity index (χ2n) is 6.40. The Kier molecular flexibility index (Phi) is 4.81. The van der Waals surface area contributed by atoms with Gasteiger partial charge >= 0.3 is 0 Å². The van der Waals surface area contributed by atoms with E-state index in [4.69, 9.17) is 0 Å². The van der Waals surface area contributed by atoms with Crippen LogP contribution in [0.25, 0.3) is 11.1 Å². The number of benzene rings is 2. The lowest BCUT2D eigenvalue weighted by molar-refractivity contribution is -0.107. The van der Waals surface area contributed by atoms with Gasteiger partial charge in [-0.25, -0.2) is 0 Å². The molecule has 0 amide bonds. The van der Waals surface area contributed by atoms with Crippen LogP contribution in [0.3, 0.4) is 0 Å². The molecule has 4 rings (SSSR count). The van der Waals surface area contributed by atoms with E-state index in [-0.39, 0.29) is 0 Å². The number of rotatable bonds is 4. The van der Waals surface area contributed by atoms with E-state index in [9.17, 15) is 10.1 Å². The summed E-state index contributed by atoms with van der Waals surface area (Å²) < 4.78 is 0. The van der Waals surface area contributed by atoms with Gasteiger partial charge in [-0.2, -0.15) is 5.26 Å². The summed E-state index contributed by atoms with van der Waals surface area (Å²) in [5.74, 6) is 0. The summed E-state index contributed by atoms with van der Waals surface area (Å²) in [6.07, 6.45) is 8.37. The average Bonchev–Trinajstić information content (AvgIpc) is 2.79. The number of hydrogen-bond donors (Lipinski definition) is 0. The number of hydrogen-bond acceptors (Lipinski definition) is 4. The fourth-order valence-electron chi connectivity index (χ4n) is 3.42. The number of carbonyl (C=O) groups is 1. The summed E-state index contributed by atoms with van der Waals surface area (Å²) >= 11 is 0. The standard InChI is InChI=1S/C24H17N3O/c25-15-19-6-4-5-9-22(19)23-14-20(18-10-12-26-13-11-18)16-27(24(23)17-28)21-7-2-1-3-8-21/h1-14,16-17,24H. The number of anilines is 1. The zero-order chi connectivity index (χ0) is 19.3. The minimum Gasteiger partial charge on any atom is -0.333 e. The number of allylic oxidation sites excluding steroid dienone is 2. The highest BCUT2D eigenvalue weighted by Gasteiger charge is 2.28. The molecule has 3 aromatic rings. The number of nitrogens with zero attached hydrogens (tertiary/aromatic N) is 3. The van der Waals surface area contributed by atoms with Crippen LogP contribution < -0.4 is 4.90 Å². The quantitative estimate of drug-likeness (QED) is 0.642. The molecule has 1 aliphatic rings. The Bertz CT molecular complexity index is 1100. The molecule has 0 fully saturated rings. The molecule has 134 valence electrons. The number of aldehydes is 1. The van der Waals surface area contributed by atoms with Crippen LogP contribution >= 0.6 is 0 Å². The SMILES string of the molecule is N#Cc1ccccc1C1=CC(c2ccncc2)=CN(c2ccccc2)C1C=O. The maximum Gasteiger partial charge on any atom is 0.147 e. The molecule has 1 aromatic heterocycles. The summed E-state index contributed by atoms with van der Waals surface area (Å²) in [5.41, 5.74) is 4.96. The Morgan fingerprint density at radius 3 is 2.39 bits per heavy atom. The van der Waals surface area contributed by atoms with Crippen molar-refractivity contribution in [3.8, 4) is 6.07 Å². The first-order valence-corrected chi connectivity index (χ1v) is 8.94. The van der Waals surface area contributed by atoms with Gasteiger partial charge in [-0.15, -0.1) is 0 Å². The normalized spacial score (nSPS) is 16.0. The van der Waals surface area contributed by atoms with Crippen molar-refractivity contribution in [3.05, 3.63) is 108 Å². The molecular formula is C24H17N3O. The van der Waals surface area contributed by atoms with Gasteiger partial charge in [0.2, 0.25) is 0 Å². The number of aromatic nitrogens is 1. The van der Waals surface area contributed by atoms with Gasteiger partial charge in [-0.05, 0) is 58.7 Å². The molecule has 1 unspecified atom stereocenters. The topological polar surface area (TPSA) is 57.0 Å². The summed E-state index contributed by atoms with van der Waals surface area (Å²) in [6, 6.07) is 22.7. The van der Waals surface area contributed by atoms with E-state index in [1.165, 1.54) is 0 Å². The number of nitriles is 1. The first kappa shape index (κ1) is 17.4. The van der Waals surface area contributed by atoms with Crippen LogP contribution in [0.1, 0.15) is 16.7 Å². The lowest BCUT2D eigenvalue weighted by Gasteiger charge is -2.33. The number of carbonyl (C=O) groups excluding carboxylic acids is 1. The second kappa shape index (κ2) is 7.73. The van der Waals surface area contributed by atoms with Gasteiger partial charge in [0, 0.05) is 24.3 Å². The number of pyridine rings is 1. The average molecular weight is 363 g/mol. The van der Waals surface area contributed by atoms with Gasteiger partial charge in [0.05, 0.1) is 11.6 Å². The van der Waals surface area contributed by atoms with Crippen LogP contribution in [0.5, 0.6) is 0 Å². The molecule has 0 saturated heterocycles. The van der Waals surface area contributed by atoms with Crippen LogP contribution in [0.2, 0.25) is 0 Å². The highest BCUT2D eigenvalue weighted by Crippen LogP contribution is 2.35. The van der Waals surface area contributed by atoms with Crippen molar-refractivity contribution in [1.29, 1.82) is 5.26 Å². The van der Waals surface area contributed by atoms with Crippen molar-refractivity contribution in [2.75, 3.05) is 4.90 Å².